The Morgan fingerprint density at radius 3 is 2.43 bits per heavy atom. The molecule has 158 valence electrons. The first-order valence-corrected chi connectivity index (χ1v) is 10.6. The Bertz CT molecular complexity index is 990. The van der Waals surface area contributed by atoms with Gasteiger partial charge in [-0.2, -0.15) is 0 Å². The molecule has 0 aliphatic heterocycles. The van der Waals surface area contributed by atoms with Crippen LogP contribution >= 0.6 is 11.8 Å². The number of hydrogen-bond donors (Lipinski definition) is 0. The zero-order valence-corrected chi connectivity index (χ0v) is 18.1. The van der Waals surface area contributed by atoms with E-state index in [1.54, 1.807) is 14.2 Å². The Labute approximate surface area is 180 Å². The van der Waals surface area contributed by atoms with Crippen molar-refractivity contribution in [3.8, 4) is 17.2 Å². The molecule has 0 fully saturated rings. The van der Waals surface area contributed by atoms with Gasteiger partial charge in [0.25, 0.3) is 0 Å². The van der Waals surface area contributed by atoms with Crippen LogP contribution in [0.15, 0.2) is 53.7 Å². The summed E-state index contributed by atoms with van der Waals surface area (Å²) in [7, 11) is 3.23. The van der Waals surface area contributed by atoms with Crippen molar-refractivity contribution >= 4 is 17.5 Å². The van der Waals surface area contributed by atoms with E-state index in [2.05, 4.69) is 10.2 Å². The Kier molecular flexibility index (Phi) is 7.73. The molecule has 1 aromatic heterocycles. The van der Waals surface area contributed by atoms with E-state index < -0.39 is 0 Å². The third-order valence-corrected chi connectivity index (χ3v) is 5.44. The second-order valence-electron chi connectivity index (χ2n) is 6.47. The van der Waals surface area contributed by atoms with Crippen molar-refractivity contribution in [1.29, 1.82) is 0 Å². The fraction of sp³-hybridized carbons (Fsp3) is 0.318. The van der Waals surface area contributed by atoms with Crippen molar-refractivity contribution in [2.24, 2.45) is 0 Å². The number of ketones is 1. The fourth-order valence-corrected chi connectivity index (χ4v) is 3.78. The molecule has 0 N–H and O–H groups in total. The van der Waals surface area contributed by atoms with Crippen molar-refractivity contribution in [3.05, 3.63) is 59.9 Å². The van der Waals surface area contributed by atoms with Crippen LogP contribution in [-0.4, -0.2) is 40.5 Å². The summed E-state index contributed by atoms with van der Waals surface area (Å²) < 4.78 is 18.2. The maximum Gasteiger partial charge on any atom is 0.191 e. The number of methoxy groups -OCH3 is 2. The minimum atomic E-state index is 0.119. The molecule has 0 bridgehead atoms. The topological polar surface area (TPSA) is 75.5 Å². The van der Waals surface area contributed by atoms with Crippen molar-refractivity contribution in [2.75, 3.05) is 20.0 Å². The van der Waals surface area contributed by atoms with E-state index in [-0.39, 0.29) is 12.4 Å². The van der Waals surface area contributed by atoms with Gasteiger partial charge in [0, 0.05) is 19.0 Å². The third kappa shape index (κ3) is 5.76. The predicted molar refractivity (Wildman–Crippen MR) is 115 cm³/mol. The number of rotatable bonds is 11. The minimum absolute atomic E-state index is 0.119. The Balaban J connectivity index is 1.57. The van der Waals surface area contributed by atoms with E-state index in [4.69, 9.17) is 14.2 Å². The van der Waals surface area contributed by atoms with Gasteiger partial charge in [-0.25, -0.2) is 0 Å². The minimum Gasteiger partial charge on any atom is -0.497 e. The largest absolute Gasteiger partial charge is 0.497 e. The molecule has 1 heterocycles. The summed E-state index contributed by atoms with van der Waals surface area (Å²) in [5.74, 6) is 3.33. The predicted octanol–water partition coefficient (Wildman–Crippen LogP) is 3.80. The van der Waals surface area contributed by atoms with Gasteiger partial charge in [-0.15, -0.1) is 10.2 Å². The Morgan fingerprint density at radius 1 is 1.00 bits per heavy atom. The fourth-order valence-electron chi connectivity index (χ4n) is 2.90. The van der Waals surface area contributed by atoms with Crippen LogP contribution in [0.25, 0.3) is 0 Å². The number of carbonyl (C=O) groups is 1. The van der Waals surface area contributed by atoms with Gasteiger partial charge in [-0.05, 0) is 36.8 Å². The monoisotopic (exact) mass is 427 g/mol. The first-order chi connectivity index (χ1) is 14.6. The van der Waals surface area contributed by atoms with Gasteiger partial charge >= 0.3 is 0 Å². The molecule has 3 aromatic rings. The van der Waals surface area contributed by atoms with Crippen LogP contribution in [-0.2, 0) is 24.4 Å². The molecule has 0 spiro atoms. The molecule has 0 saturated heterocycles. The van der Waals surface area contributed by atoms with Crippen molar-refractivity contribution in [3.63, 3.8) is 0 Å². The van der Waals surface area contributed by atoms with E-state index in [1.165, 1.54) is 11.8 Å². The summed E-state index contributed by atoms with van der Waals surface area (Å²) in [5, 5.41) is 9.18. The van der Waals surface area contributed by atoms with E-state index >= 15 is 0 Å². The van der Waals surface area contributed by atoms with Gasteiger partial charge in [0.15, 0.2) is 11.0 Å². The standard InChI is InChI=1S/C22H25N3O4S/c1-4-25-21(14-29-20-10-6-9-19(13-20)28-3)23-24-22(25)30-15-17(26)11-16-7-5-8-18(12-16)27-2/h5-10,12-13H,4,11,14-15H2,1-3H3. The van der Waals surface area contributed by atoms with Crippen LogP contribution in [0.1, 0.15) is 18.3 Å². The summed E-state index contributed by atoms with van der Waals surface area (Å²) in [4.78, 5) is 12.4. The number of nitrogens with zero attached hydrogens (tertiary/aromatic N) is 3. The quantitative estimate of drug-likeness (QED) is 0.431. The van der Waals surface area contributed by atoms with Gasteiger partial charge in [0.1, 0.15) is 29.6 Å². The molecule has 3 rings (SSSR count). The highest BCUT2D eigenvalue weighted by molar-refractivity contribution is 7.99. The van der Waals surface area contributed by atoms with Gasteiger partial charge in [0.05, 0.1) is 20.0 Å². The van der Waals surface area contributed by atoms with E-state index in [1.807, 2.05) is 60.0 Å². The molecule has 0 amide bonds. The highest BCUT2D eigenvalue weighted by Gasteiger charge is 2.14. The summed E-state index contributed by atoms with van der Waals surface area (Å²) in [5.41, 5.74) is 0.935. The molecular weight excluding hydrogens is 402 g/mol. The molecule has 0 saturated carbocycles. The van der Waals surface area contributed by atoms with Crippen LogP contribution in [0.2, 0.25) is 0 Å². The van der Waals surface area contributed by atoms with Crippen LogP contribution < -0.4 is 14.2 Å². The smallest absolute Gasteiger partial charge is 0.191 e. The normalized spacial score (nSPS) is 10.6. The van der Waals surface area contributed by atoms with E-state index in [9.17, 15) is 4.79 Å². The number of thioether (sulfide) groups is 1. The van der Waals surface area contributed by atoms with Crippen LogP contribution in [0.4, 0.5) is 0 Å². The summed E-state index contributed by atoms with van der Waals surface area (Å²) in [6.45, 7) is 2.99. The van der Waals surface area contributed by atoms with Gasteiger partial charge in [-0.1, -0.05) is 30.0 Å². The van der Waals surface area contributed by atoms with Crippen LogP contribution in [0.3, 0.4) is 0 Å². The number of aromatic nitrogens is 3. The lowest BCUT2D eigenvalue weighted by molar-refractivity contribution is -0.116. The van der Waals surface area contributed by atoms with E-state index in [0.29, 0.717) is 35.4 Å². The molecule has 0 unspecified atom stereocenters. The molecule has 8 heteroatoms. The Hall–Kier alpha value is -3.00. The zero-order valence-electron chi connectivity index (χ0n) is 17.3. The highest BCUT2D eigenvalue weighted by Crippen LogP contribution is 2.22. The molecule has 2 aromatic carbocycles. The SMILES string of the molecule is CCn1c(COc2cccc(OC)c2)nnc1SCC(=O)Cc1cccc(OC)c1. The van der Waals surface area contributed by atoms with Crippen LogP contribution in [0.5, 0.6) is 17.2 Å². The lowest BCUT2D eigenvalue weighted by atomic mass is 10.1. The summed E-state index contributed by atoms with van der Waals surface area (Å²) in [6, 6.07) is 15.0. The first-order valence-electron chi connectivity index (χ1n) is 9.59. The number of Topliss-reactive ketones (excluding diaryl/α,β-unsaturated/α-hetero) is 1. The second kappa shape index (κ2) is 10.7. The maximum absolute atomic E-state index is 12.4. The van der Waals surface area contributed by atoms with E-state index in [0.717, 1.165) is 17.1 Å². The number of benzene rings is 2. The first kappa shape index (κ1) is 21.7. The second-order valence-corrected chi connectivity index (χ2v) is 7.41. The lowest BCUT2D eigenvalue weighted by Crippen LogP contribution is -2.09. The lowest BCUT2D eigenvalue weighted by Gasteiger charge is -2.09. The summed E-state index contributed by atoms with van der Waals surface area (Å²) >= 11 is 1.39. The third-order valence-electron chi connectivity index (χ3n) is 4.42. The van der Waals surface area contributed by atoms with Crippen LogP contribution in [0, 0.1) is 0 Å². The molecule has 30 heavy (non-hydrogen) atoms. The zero-order chi connectivity index (χ0) is 21.3. The number of hydrogen-bond acceptors (Lipinski definition) is 7. The van der Waals surface area contributed by atoms with Crippen molar-refractivity contribution in [1.82, 2.24) is 14.8 Å². The van der Waals surface area contributed by atoms with Gasteiger partial charge in [-0.3, -0.25) is 4.79 Å². The molecular formula is C22H25N3O4S. The summed E-state index contributed by atoms with van der Waals surface area (Å²) in [6.07, 6.45) is 0.357. The van der Waals surface area contributed by atoms with Gasteiger partial charge < -0.3 is 18.8 Å². The molecule has 0 aliphatic carbocycles. The molecule has 0 aliphatic rings. The molecule has 0 radical (unpaired) electrons. The average Bonchev–Trinajstić information content (AvgIpc) is 3.18. The maximum atomic E-state index is 12.4. The number of ether oxygens (including phenoxy) is 3. The van der Waals surface area contributed by atoms with Crippen molar-refractivity contribution < 1.29 is 19.0 Å². The van der Waals surface area contributed by atoms with Gasteiger partial charge in [0.2, 0.25) is 0 Å². The van der Waals surface area contributed by atoms with Crippen molar-refractivity contribution in [2.45, 2.75) is 31.7 Å². The number of carbonyl (C=O) groups excluding carboxylic acids is 1. The molecule has 7 nitrogen and oxygen atoms in total. The highest BCUT2D eigenvalue weighted by atomic mass is 32.2. The average molecular weight is 428 g/mol. The Morgan fingerprint density at radius 2 is 1.70 bits per heavy atom. The molecule has 0 atom stereocenters.